The van der Waals surface area contributed by atoms with Crippen molar-refractivity contribution in [2.75, 3.05) is 37.5 Å². The molecule has 2 heterocycles. The molecular formula is C13H22N4O. The summed E-state index contributed by atoms with van der Waals surface area (Å²) >= 11 is 0. The van der Waals surface area contributed by atoms with Gasteiger partial charge in [0, 0.05) is 39.7 Å². The van der Waals surface area contributed by atoms with Gasteiger partial charge in [0.25, 0.3) is 0 Å². The molecule has 5 heteroatoms. The van der Waals surface area contributed by atoms with Crippen LogP contribution in [-0.4, -0.2) is 43.3 Å². The number of piperidine rings is 1. The number of rotatable bonds is 4. The topological polar surface area (TPSA) is 50.3 Å². The van der Waals surface area contributed by atoms with E-state index in [0.717, 1.165) is 49.8 Å². The molecule has 0 aromatic carbocycles. The summed E-state index contributed by atoms with van der Waals surface area (Å²) in [7, 11) is 3.68. The first kappa shape index (κ1) is 13.1. The first-order chi connectivity index (χ1) is 8.76. The summed E-state index contributed by atoms with van der Waals surface area (Å²) in [6.07, 6.45) is 3.39. The van der Waals surface area contributed by atoms with E-state index in [1.165, 1.54) is 0 Å². The fraction of sp³-hybridized carbons (Fsp3) is 0.692. The molecule has 1 aliphatic heterocycles. The molecule has 0 aliphatic carbocycles. The van der Waals surface area contributed by atoms with Crippen LogP contribution in [0, 0.1) is 0 Å². The van der Waals surface area contributed by atoms with Crippen LogP contribution in [0.5, 0.6) is 0 Å². The molecule has 5 nitrogen and oxygen atoms in total. The summed E-state index contributed by atoms with van der Waals surface area (Å²) in [5.74, 6) is 2.82. The quantitative estimate of drug-likeness (QED) is 0.881. The molecule has 1 aromatic rings. The molecule has 1 fully saturated rings. The summed E-state index contributed by atoms with van der Waals surface area (Å²) in [6, 6.07) is 2.02. The number of ether oxygens (including phenoxy) is 1. The van der Waals surface area contributed by atoms with Gasteiger partial charge in [0.1, 0.15) is 17.5 Å². The van der Waals surface area contributed by atoms with Gasteiger partial charge in [-0.05, 0) is 12.8 Å². The Morgan fingerprint density at radius 3 is 2.67 bits per heavy atom. The Morgan fingerprint density at radius 1 is 1.39 bits per heavy atom. The van der Waals surface area contributed by atoms with Crippen LogP contribution in [0.1, 0.15) is 25.6 Å². The number of methoxy groups -OCH3 is 1. The number of hydrogen-bond acceptors (Lipinski definition) is 5. The molecule has 0 atom stereocenters. The molecule has 18 heavy (non-hydrogen) atoms. The van der Waals surface area contributed by atoms with Crippen LogP contribution >= 0.6 is 0 Å². The summed E-state index contributed by atoms with van der Waals surface area (Å²) in [6.45, 7) is 4.08. The third-order valence-corrected chi connectivity index (χ3v) is 3.43. The van der Waals surface area contributed by atoms with Crippen molar-refractivity contribution >= 4 is 11.6 Å². The Balaban J connectivity index is 2.13. The maximum atomic E-state index is 5.39. The lowest BCUT2D eigenvalue weighted by Crippen LogP contribution is -2.37. The average Bonchev–Trinajstić information content (AvgIpc) is 2.46. The van der Waals surface area contributed by atoms with Gasteiger partial charge in [-0.3, -0.25) is 0 Å². The second-order valence-electron chi connectivity index (χ2n) is 4.55. The van der Waals surface area contributed by atoms with Gasteiger partial charge in [0.05, 0.1) is 6.10 Å². The SMILES string of the molecule is CCc1nc(NC)cc(N2CCC(OC)CC2)n1. The zero-order valence-electron chi connectivity index (χ0n) is 11.4. The Hall–Kier alpha value is -1.36. The van der Waals surface area contributed by atoms with Crippen molar-refractivity contribution in [3.8, 4) is 0 Å². The van der Waals surface area contributed by atoms with Gasteiger partial charge >= 0.3 is 0 Å². The van der Waals surface area contributed by atoms with Gasteiger partial charge < -0.3 is 15.0 Å². The second-order valence-corrected chi connectivity index (χ2v) is 4.55. The van der Waals surface area contributed by atoms with Crippen LogP contribution in [0.25, 0.3) is 0 Å². The standard InChI is InChI=1S/C13H22N4O/c1-4-11-15-12(14-2)9-13(16-11)17-7-5-10(18-3)6-8-17/h9-10H,4-8H2,1-3H3,(H,14,15,16). The van der Waals surface area contributed by atoms with E-state index in [1.54, 1.807) is 7.11 Å². The van der Waals surface area contributed by atoms with E-state index in [9.17, 15) is 0 Å². The molecule has 1 N–H and O–H groups in total. The lowest BCUT2D eigenvalue weighted by atomic mass is 10.1. The fourth-order valence-electron chi connectivity index (χ4n) is 2.25. The van der Waals surface area contributed by atoms with Crippen molar-refractivity contribution in [2.45, 2.75) is 32.3 Å². The van der Waals surface area contributed by atoms with Gasteiger partial charge in [-0.25, -0.2) is 9.97 Å². The Bertz CT molecular complexity index is 366. The van der Waals surface area contributed by atoms with E-state index in [2.05, 4.69) is 27.1 Å². The van der Waals surface area contributed by atoms with Gasteiger partial charge in [0.2, 0.25) is 0 Å². The smallest absolute Gasteiger partial charge is 0.134 e. The maximum Gasteiger partial charge on any atom is 0.134 e. The normalized spacial score (nSPS) is 16.9. The first-order valence-corrected chi connectivity index (χ1v) is 6.60. The highest BCUT2D eigenvalue weighted by Crippen LogP contribution is 2.21. The molecule has 0 unspecified atom stereocenters. The number of nitrogens with one attached hydrogen (secondary N) is 1. The molecule has 2 rings (SSSR count). The van der Waals surface area contributed by atoms with Gasteiger partial charge in [-0.2, -0.15) is 0 Å². The van der Waals surface area contributed by atoms with E-state index in [4.69, 9.17) is 4.74 Å². The van der Waals surface area contributed by atoms with Crippen LogP contribution < -0.4 is 10.2 Å². The van der Waals surface area contributed by atoms with Gasteiger partial charge in [0.15, 0.2) is 0 Å². The van der Waals surface area contributed by atoms with E-state index in [0.29, 0.717) is 6.10 Å². The molecule has 100 valence electrons. The third-order valence-electron chi connectivity index (χ3n) is 3.43. The van der Waals surface area contributed by atoms with Crippen molar-refractivity contribution in [1.29, 1.82) is 0 Å². The zero-order chi connectivity index (χ0) is 13.0. The third kappa shape index (κ3) is 2.90. The number of nitrogens with zero attached hydrogens (tertiary/aromatic N) is 3. The molecule has 0 bridgehead atoms. The van der Waals surface area contributed by atoms with Crippen molar-refractivity contribution in [3.63, 3.8) is 0 Å². The van der Waals surface area contributed by atoms with E-state index < -0.39 is 0 Å². The molecule has 1 saturated heterocycles. The molecule has 1 aromatic heterocycles. The van der Waals surface area contributed by atoms with E-state index in [1.807, 2.05) is 13.1 Å². The number of hydrogen-bond donors (Lipinski definition) is 1. The molecule has 0 spiro atoms. The Kier molecular flexibility index (Phi) is 4.36. The van der Waals surface area contributed by atoms with Crippen LogP contribution in [0.15, 0.2) is 6.07 Å². The maximum absolute atomic E-state index is 5.39. The van der Waals surface area contributed by atoms with Crippen LogP contribution in [0.2, 0.25) is 0 Å². The minimum Gasteiger partial charge on any atom is -0.381 e. The minimum atomic E-state index is 0.400. The average molecular weight is 250 g/mol. The lowest BCUT2D eigenvalue weighted by molar-refractivity contribution is 0.0818. The monoisotopic (exact) mass is 250 g/mol. The number of anilines is 2. The largest absolute Gasteiger partial charge is 0.381 e. The van der Waals surface area contributed by atoms with Gasteiger partial charge in [-0.1, -0.05) is 6.92 Å². The predicted molar refractivity (Wildman–Crippen MR) is 73.2 cm³/mol. The minimum absolute atomic E-state index is 0.400. The van der Waals surface area contributed by atoms with E-state index >= 15 is 0 Å². The predicted octanol–water partition coefficient (Wildman–Crippen LogP) is 1.70. The van der Waals surface area contributed by atoms with Crippen LogP contribution in [0.3, 0.4) is 0 Å². The molecule has 0 amide bonds. The van der Waals surface area contributed by atoms with Crippen molar-refractivity contribution in [2.24, 2.45) is 0 Å². The number of aryl methyl sites for hydroxylation is 1. The van der Waals surface area contributed by atoms with Crippen LogP contribution in [0.4, 0.5) is 11.6 Å². The molecule has 1 aliphatic rings. The Labute approximate surface area is 109 Å². The first-order valence-electron chi connectivity index (χ1n) is 6.60. The number of aromatic nitrogens is 2. The Morgan fingerprint density at radius 2 is 2.11 bits per heavy atom. The summed E-state index contributed by atoms with van der Waals surface area (Å²) in [5, 5.41) is 3.10. The zero-order valence-corrected chi connectivity index (χ0v) is 11.4. The lowest BCUT2D eigenvalue weighted by Gasteiger charge is -2.32. The van der Waals surface area contributed by atoms with Crippen molar-refractivity contribution in [3.05, 3.63) is 11.9 Å². The highest BCUT2D eigenvalue weighted by molar-refractivity contribution is 5.49. The fourth-order valence-corrected chi connectivity index (χ4v) is 2.25. The molecule has 0 radical (unpaired) electrons. The highest BCUT2D eigenvalue weighted by atomic mass is 16.5. The van der Waals surface area contributed by atoms with Gasteiger partial charge in [-0.15, -0.1) is 0 Å². The molecule has 0 saturated carbocycles. The summed E-state index contributed by atoms with van der Waals surface area (Å²) in [4.78, 5) is 11.3. The summed E-state index contributed by atoms with van der Waals surface area (Å²) in [5.41, 5.74) is 0. The second kappa shape index (κ2) is 6.00. The van der Waals surface area contributed by atoms with Crippen molar-refractivity contribution < 1.29 is 4.74 Å². The highest BCUT2D eigenvalue weighted by Gasteiger charge is 2.20. The van der Waals surface area contributed by atoms with Crippen LogP contribution in [-0.2, 0) is 11.2 Å². The van der Waals surface area contributed by atoms with Crippen molar-refractivity contribution in [1.82, 2.24) is 9.97 Å². The van der Waals surface area contributed by atoms with E-state index in [-0.39, 0.29) is 0 Å². The summed E-state index contributed by atoms with van der Waals surface area (Å²) < 4.78 is 5.39. The molecular weight excluding hydrogens is 228 g/mol.